The molecule has 0 aliphatic carbocycles. The maximum absolute atomic E-state index is 8.77. The van der Waals surface area contributed by atoms with Crippen LogP contribution in [0.3, 0.4) is 0 Å². The molecule has 0 spiro atoms. The highest BCUT2D eigenvalue weighted by Gasteiger charge is 1.99. The smallest absolute Gasteiger partial charge is 0.119 e. The molecule has 31 heavy (non-hydrogen) atoms. The van der Waals surface area contributed by atoms with Crippen molar-refractivity contribution in [1.29, 1.82) is 0 Å². The Labute approximate surface area is 187 Å². The van der Waals surface area contributed by atoms with E-state index in [9.17, 15) is 0 Å². The van der Waals surface area contributed by atoms with Crippen LogP contribution < -0.4 is 14.8 Å². The average Bonchev–Trinajstić information content (AvgIpc) is 2.80. The van der Waals surface area contributed by atoms with Crippen molar-refractivity contribution in [2.24, 2.45) is 0 Å². The van der Waals surface area contributed by atoms with E-state index in [1.54, 1.807) is 0 Å². The molecule has 5 nitrogen and oxygen atoms in total. The Morgan fingerprint density at radius 3 is 1.29 bits per heavy atom. The third kappa shape index (κ3) is 11.8. The van der Waals surface area contributed by atoms with E-state index in [0.717, 1.165) is 89.2 Å². The molecule has 0 atom stereocenters. The Balaban J connectivity index is 1.57. The predicted molar refractivity (Wildman–Crippen MR) is 126 cm³/mol. The zero-order valence-electron chi connectivity index (χ0n) is 18.7. The predicted octanol–water partition coefficient (Wildman–Crippen LogP) is 4.84. The average molecular weight is 430 g/mol. The lowest BCUT2D eigenvalue weighted by molar-refractivity contribution is 0.273. The van der Waals surface area contributed by atoms with Gasteiger partial charge in [-0.3, -0.25) is 0 Å². The van der Waals surface area contributed by atoms with Gasteiger partial charge < -0.3 is 25.0 Å². The molecule has 2 aromatic rings. The van der Waals surface area contributed by atoms with E-state index in [1.165, 1.54) is 11.1 Å². The van der Waals surface area contributed by atoms with Crippen molar-refractivity contribution in [2.75, 3.05) is 26.4 Å². The van der Waals surface area contributed by atoms with E-state index in [-0.39, 0.29) is 13.2 Å². The molecule has 2 aromatic carbocycles. The fourth-order valence-corrected chi connectivity index (χ4v) is 3.27. The summed E-state index contributed by atoms with van der Waals surface area (Å²) in [6, 6.07) is 16.5. The number of hydrogen-bond donors (Lipinski definition) is 3. The van der Waals surface area contributed by atoms with Crippen LogP contribution in [0.15, 0.2) is 48.5 Å². The molecule has 0 fully saturated rings. The van der Waals surface area contributed by atoms with Crippen LogP contribution in [0, 0.1) is 0 Å². The third-order valence-electron chi connectivity index (χ3n) is 5.15. The molecular weight excluding hydrogens is 390 g/mol. The topological polar surface area (TPSA) is 71.0 Å². The second kappa shape index (κ2) is 16.6. The van der Waals surface area contributed by atoms with Gasteiger partial charge in [-0.25, -0.2) is 0 Å². The molecule has 0 radical (unpaired) electrons. The minimum absolute atomic E-state index is 0.281. The normalized spacial score (nSPS) is 10.9. The van der Waals surface area contributed by atoms with Crippen LogP contribution in [0.2, 0.25) is 0 Å². The third-order valence-corrected chi connectivity index (χ3v) is 5.15. The second-order valence-corrected chi connectivity index (χ2v) is 7.86. The fraction of sp³-hybridized carbons (Fsp3) is 0.538. The largest absolute Gasteiger partial charge is 0.494 e. The van der Waals surface area contributed by atoms with E-state index in [4.69, 9.17) is 19.7 Å². The Bertz CT molecular complexity index is 613. The molecule has 0 heterocycles. The van der Waals surface area contributed by atoms with Gasteiger partial charge in [0.2, 0.25) is 0 Å². The Kier molecular flexibility index (Phi) is 13.5. The van der Waals surface area contributed by atoms with Crippen molar-refractivity contribution < 1.29 is 19.7 Å². The SMILES string of the molecule is OCCCCCCOc1ccc(CNCc2ccc(OCCCCCCO)cc2)cc1. The molecule has 5 heteroatoms. The maximum atomic E-state index is 8.77. The summed E-state index contributed by atoms with van der Waals surface area (Å²) in [5.74, 6) is 1.82. The van der Waals surface area contributed by atoms with Crippen molar-refractivity contribution >= 4 is 0 Å². The number of ether oxygens (including phenoxy) is 2. The van der Waals surface area contributed by atoms with Gasteiger partial charge in [0.25, 0.3) is 0 Å². The zero-order valence-corrected chi connectivity index (χ0v) is 18.7. The number of benzene rings is 2. The summed E-state index contributed by atoms with van der Waals surface area (Å²) in [6.45, 7) is 3.65. The van der Waals surface area contributed by atoms with Gasteiger partial charge in [0.1, 0.15) is 11.5 Å². The monoisotopic (exact) mass is 429 g/mol. The maximum Gasteiger partial charge on any atom is 0.119 e. The molecule has 0 saturated heterocycles. The number of hydrogen-bond acceptors (Lipinski definition) is 5. The summed E-state index contributed by atoms with van der Waals surface area (Å²) in [4.78, 5) is 0. The van der Waals surface area contributed by atoms with Gasteiger partial charge in [-0.05, 0) is 73.9 Å². The van der Waals surface area contributed by atoms with Crippen LogP contribution >= 0.6 is 0 Å². The minimum atomic E-state index is 0.281. The molecular formula is C26H39NO4. The van der Waals surface area contributed by atoms with Crippen LogP contribution in [0.25, 0.3) is 0 Å². The van der Waals surface area contributed by atoms with Crippen LogP contribution in [0.4, 0.5) is 0 Å². The molecule has 0 aliphatic heterocycles. The molecule has 3 N–H and O–H groups in total. The standard InChI is InChI=1S/C26H39NO4/c28-17-5-1-3-7-19-30-25-13-9-23(10-14-25)21-27-22-24-11-15-26(16-12-24)31-20-8-4-2-6-18-29/h9-16,27-29H,1-8,17-22H2. The number of rotatable bonds is 18. The summed E-state index contributed by atoms with van der Waals surface area (Å²) in [5, 5.41) is 21.0. The number of aliphatic hydroxyl groups is 2. The highest BCUT2D eigenvalue weighted by Crippen LogP contribution is 2.15. The van der Waals surface area contributed by atoms with E-state index in [1.807, 2.05) is 24.3 Å². The van der Waals surface area contributed by atoms with E-state index < -0.39 is 0 Å². The lowest BCUT2D eigenvalue weighted by Gasteiger charge is -2.09. The fourth-order valence-electron chi connectivity index (χ4n) is 3.27. The Morgan fingerprint density at radius 2 is 0.903 bits per heavy atom. The first-order valence-electron chi connectivity index (χ1n) is 11.7. The lowest BCUT2D eigenvalue weighted by atomic mass is 10.2. The first-order valence-corrected chi connectivity index (χ1v) is 11.7. The molecule has 0 aliphatic rings. The van der Waals surface area contributed by atoms with Crippen LogP contribution in [0.5, 0.6) is 11.5 Å². The van der Waals surface area contributed by atoms with Gasteiger partial charge >= 0.3 is 0 Å². The number of aliphatic hydroxyl groups excluding tert-OH is 2. The van der Waals surface area contributed by atoms with Gasteiger partial charge in [0.15, 0.2) is 0 Å². The van der Waals surface area contributed by atoms with Gasteiger partial charge in [0.05, 0.1) is 13.2 Å². The summed E-state index contributed by atoms with van der Waals surface area (Å²) >= 11 is 0. The van der Waals surface area contributed by atoms with Gasteiger partial charge in [-0.2, -0.15) is 0 Å². The quantitative estimate of drug-likeness (QED) is 0.296. The summed E-state index contributed by atoms with van der Waals surface area (Å²) in [7, 11) is 0. The Morgan fingerprint density at radius 1 is 0.516 bits per heavy atom. The summed E-state index contributed by atoms with van der Waals surface area (Å²) in [6.07, 6.45) is 8.13. The lowest BCUT2D eigenvalue weighted by Crippen LogP contribution is -2.12. The van der Waals surface area contributed by atoms with E-state index in [0.29, 0.717) is 0 Å². The molecule has 0 unspecified atom stereocenters. The van der Waals surface area contributed by atoms with Crippen LogP contribution in [-0.2, 0) is 13.1 Å². The number of nitrogens with one attached hydrogen (secondary N) is 1. The second-order valence-electron chi connectivity index (χ2n) is 7.86. The van der Waals surface area contributed by atoms with E-state index >= 15 is 0 Å². The molecule has 0 saturated carbocycles. The van der Waals surface area contributed by atoms with Gasteiger partial charge in [0, 0.05) is 26.3 Å². The van der Waals surface area contributed by atoms with Crippen LogP contribution in [0.1, 0.15) is 62.5 Å². The van der Waals surface area contributed by atoms with Crippen LogP contribution in [-0.4, -0.2) is 36.6 Å². The van der Waals surface area contributed by atoms with Crippen molar-refractivity contribution in [2.45, 2.75) is 64.5 Å². The molecule has 0 aromatic heterocycles. The molecule has 0 bridgehead atoms. The van der Waals surface area contributed by atoms with Crippen molar-refractivity contribution in [3.63, 3.8) is 0 Å². The minimum Gasteiger partial charge on any atom is -0.494 e. The zero-order chi connectivity index (χ0) is 22.0. The van der Waals surface area contributed by atoms with E-state index in [2.05, 4.69) is 29.6 Å². The van der Waals surface area contributed by atoms with Crippen molar-refractivity contribution in [3.05, 3.63) is 59.7 Å². The summed E-state index contributed by atoms with van der Waals surface area (Å²) < 4.78 is 11.5. The highest BCUT2D eigenvalue weighted by atomic mass is 16.5. The van der Waals surface area contributed by atoms with Crippen molar-refractivity contribution in [3.8, 4) is 11.5 Å². The number of unbranched alkanes of at least 4 members (excludes halogenated alkanes) is 6. The van der Waals surface area contributed by atoms with Gasteiger partial charge in [-0.1, -0.05) is 37.1 Å². The first-order chi connectivity index (χ1) is 15.3. The first kappa shape index (κ1) is 25.2. The van der Waals surface area contributed by atoms with Crippen molar-refractivity contribution in [1.82, 2.24) is 5.32 Å². The Hall–Kier alpha value is -2.08. The summed E-state index contributed by atoms with van der Waals surface area (Å²) in [5.41, 5.74) is 2.47. The molecule has 0 amide bonds. The van der Waals surface area contributed by atoms with Gasteiger partial charge in [-0.15, -0.1) is 0 Å². The molecule has 2 rings (SSSR count). The highest BCUT2D eigenvalue weighted by molar-refractivity contribution is 5.28. The molecule has 172 valence electrons.